The van der Waals surface area contributed by atoms with Crippen LogP contribution in [0.4, 0.5) is 11.5 Å². The van der Waals surface area contributed by atoms with Gasteiger partial charge in [0.05, 0.1) is 11.1 Å². The van der Waals surface area contributed by atoms with E-state index in [0.717, 1.165) is 11.8 Å². The number of rotatable bonds is 13. The maximum atomic E-state index is 12.7. The third kappa shape index (κ3) is 8.88. The summed E-state index contributed by atoms with van der Waals surface area (Å²) >= 11 is 1.10. The van der Waals surface area contributed by atoms with Crippen molar-refractivity contribution in [3.8, 4) is 12.1 Å². The van der Waals surface area contributed by atoms with Crippen molar-refractivity contribution in [1.82, 2.24) is 15.8 Å². The summed E-state index contributed by atoms with van der Waals surface area (Å²) in [6.45, 7) is 2.87. The van der Waals surface area contributed by atoms with E-state index < -0.39 is 17.1 Å². The quantitative estimate of drug-likeness (QED) is 0.101. The summed E-state index contributed by atoms with van der Waals surface area (Å²) in [6, 6.07) is 19.4. The summed E-state index contributed by atoms with van der Waals surface area (Å²) < 4.78 is 0. The van der Waals surface area contributed by atoms with Gasteiger partial charge in [0.1, 0.15) is 28.2 Å². The number of thioether (sulfide) groups is 1. The molecule has 1 aliphatic rings. The van der Waals surface area contributed by atoms with Crippen LogP contribution in [-0.2, 0) is 20.8 Å². The molecule has 0 aliphatic carbocycles. The number of anilines is 2. The fourth-order valence-electron chi connectivity index (χ4n) is 5.47. The molecule has 3 aromatic rings. The Morgan fingerprint density at radius 3 is 2.23 bits per heavy atom. The number of nitrogens with zero attached hydrogens (tertiary/aromatic N) is 4. The molecule has 4 rings (SSSR count). The number of carbonyl (C=O) groups excluding carboxylic acids is 4. The lowest BCUT2D eigenvalue weighted by molar-refractivity contribution is -0.122. The van der Waals surface area contributed by atoms with E-state index in [4.69, 9.17) is 15.9 Å². The Morgan fingerprint density at radius 1 is 1.00 bits per heavy atom. The number of carbonyl (C=O) groups is 4. The van der Waals surface area contributed by atoms with E-state index >= 15 is 0 Å². The van der Waals surface area contributed by atoms with Crippen LogP contribution in [0.5, 0.6) is 0 Å². The van der Waals surface area contributed by atoms with Gasteiger partial charge in [-0.2, -0.15) is 10.5 Å². The van der Waals surface area contributed by atoms with Crippen molar-refractivity contribution in [3.63, 3.8) is 0 Å². The van der Waals surface area contributed by atoms with Crippen molar-refractivity contribution in [2.24, 2.45) is 5.73 Å². The average molecular weight is 669 g/mol. The van der Waals surface area contributed by atoms with Crippen LogP contribution < -0.4 is 26.7 Å². The predicted molar refractivity (Wildman–Crippen MR) is 179 cm³/mol. The van der Waals surface area contributed by atoms with Gasteiger partial charge >= 0.3 is 0 Å². The van der Waals surface area contributed by atoms with Crippen molar-refractivity contribution < 1.29 is 24.4 Å². The Hall–Kier alpha value is -5.44. The van der Waals surface area contributed by atoms with Gasteiger partial charge in [-0.15, -0.1) is 0 Å². The highest BCUT2D eigenvalue weighted by Crippen LogP contribution is 2.40. The van der Waals surface area contributed by atoms with Crippen LogP contribution in [0.25, 0.3) is 0 Å². The Labute approximate surface area is 282 Å². The first-order chi connectivity index (χ1) is 23.2. The third-order valence-corrected chi connectivity index (χ3v) is 9.17. The molecule has 1 unspecified atom stereocenters. The largest absolute Gasteiger partial charge is 0.368 e. The van der Waals surface area contributed by atoms with Crippen LogP contribution in [0.3, 0.4) is 0 Å². The van der Waals surface area contributed by atoms with E-state index in [1.807, 2.05) is 17.9 Å². The molecule has 6 N–H and O–H groups in total. The number of primary amides is 1. The zero-order valence-corrected chi connectivity index (χ0v) is 27.2. The van der Waals surface area contributed by atoms with Gasteiger partial charge in [-0.3, -0.25) is 24.4 Å². The zero-order chi connectivity index (χ0) is 34.6. The molecule has 13 nitrogen and oxygen atoms in total. The molecule has 0 bridgehead atoms. The van der Waals surface area contributed by atoms with E-state index in [-0.39, 0.29) is 41.8 Å². The number of aromatic nitrogens is 1. The molecule has 4 amide bonds. The summed E-state index contributed by atoms with van der Waals surface area (Å²) in [7, 11) is 0. The minimum Gasteiger partial charge on any atom is -0.368 e. The number of hydrogen-bond acceptors (Lipinski definition) is 10. The Bertz CT molecular complexity index is 1730. The minimum absolute atomic E-state index is 0.0991. The molecular formula is C34H36N8O5S. The van der Waals surface area contributed by atoms with Gasteiger partial charge in [0.2, 0.25) is 17.7 Å². The highest BCUT2D eigenvalue weighted by molar-refractivity contribution is 8.00. The lowest BCUT2D eigenvalue weighted by atomic mass is 9.99. The van der Waals surface area contributed by atoms with Crippen molar-refractivity contribution in [3.05, 3.63) is 82.4 Å². The number of amides is 4. The highest BCUT2D eigenvalue weighted by Gasteiger charge is 2.29. The van der Waals surface area contributed by atoms with E-state index in [1.54, 1.807) is 41.9 Å². The fourth-order valence-corrected chi connectivity index (χ4v) is 6.52. The van der Waals surface area contributed by atoms with Gasteiger partial charge in [-0.05, 0) is 61.1 Å². The van der Waals surface area contributed by atoms with E-state index in [1.165, 1.54) is 12.1 Å². The molecule has 248 valence electrons. The summed E-state index contributed by atoms with van der Waals surface area (Å²) in [6.07, 6.45) is 2.26. The summed E-state index contributed by atoms with van der Waals surface area (Å²) in [5, 5.41) is 34.2. The molecule has 14 heteroatoms. The minimum atomic E-state index is -0.781. The van der Waals surface area contributed by atoms with Gasteiger partial charge < -0.3 is 21.3 Å². The van der Waals surface area contributed by atoms with E-state index in [2.05, 4.69) is 22.8 Å². The molecule has 48 heavy (non-hydrogen) atoms. The first-order valence-electron chi connectivity index (χ1n) is 15.5. The third-order valence-electron chi connectivity index (χ3n) is 7.92. The number of hydrogen-bond donors (Lipinski definition) is 5. The first-order valence-corrected chi connectivity index (χ1v) is 16.3. The number of nitrogens with one attached hydrogen (secondary N) is 3. The smallest absolute Gasteiger partial charge is 0.274 e. The number of benzene rings is 2. The second-order valence-corrected chi connectivity index (χ2v) is 12.2. The first kappa shape index (κ1) is 35.4. The number of piperidine rings is 1. The molecule has 2 heterocycles. The topological polar surface area (TPSA) is 214 Å². The van der Waals surface area contributed by atoms with Gasteiger partial charge in [-0.1, -0.05) is 49.0 Å². The van der Waals surface area contributed by atoms with Gasteiger partial charge in [-0.25, -0.2) is 10.5 Å². The molecule has 1 fully saturated rings. The van der Waals surface area contributed by atoms with Crippen molar-refractivity contribution >= 4 is 46.9 Å². The van der Waals surface area contributed by atoms with Crippen molar-refractivity contribution in [2.45, 2.75) is 61.8 Å². The lowest BCUT2D eigenvalue weighted by Gasteiger charge is -2.34. The monoisotopic (exact) mass is 668 g/mol. The second kappa shape index (κ2) is 16.9. The fraction of sp³-hybridized carbons (Fsp3) is 0.324. The lowest BCUT2D eigenvalue weighted by Crippen LogP contribution is -2.45. The maximum Gasteiger partial charge on any atom is 0.274 e. The molecule has 0 spiro atoms. The van der Waals surface area contributed by atoms with Crippen molar-refractivity contribution in [2.75, 3.05) is 23.3 Å². The molecule has 1 aliphatic heterocycles. The van der Waals surface area contributed by atoms with Crippen LogP contribution >= 0.6 is 11.8 Å². The molecule has 1 saturated heterocycles. The van der Waals surface area contributed by atoms with Gasteiger partial charge in [0, 0.05) is 43.2 Å². The number of nitriles is 2. The molecule has 2 aromatic carbocycles. The van der Waals surface area contributed by atoms with Gasteiger partial charge in [0.15, 0.2) is 0 Å². The number of pyridine rings is 1. The van der Waals surface area contributed by atoms with E-state index in [0.29, 0.717) is 72.0 Å². The van der Waals surface area contributed by atoms with Crippen LogP contribution in [-0.4, -0.2) is 53.0 Å². The second-order valence-electron chi connectivity index (χ2n) is 11.1. The van der Waals surface area contributed by atoms with Crippen LogP contribution in [0.1, 0.15) is 76.9 Å². The average Bonchev–Trinajstić information content (AvgIpc) is 3.10. The highest BCUT2D eigenvalue weighted by atomic mass is 32.2. The maximum absolute atomic E-state index is 12.7. The standard InChI is InChI=1S/C34H36N8O5S/c1-2-25-26(19-35)32(40-34(27(25)20-36)48-30(31(37)45)21-7-4-3-5-8-21)42-17-15-24(16-18-42)39-29(44)10-6-9-28(43)38-23-13-11-22(12-14-23)33(46)41-47/h3-5,7-8,11-14,24,30,47H,2,6,9-10,15-18H2,1H3,(H2,37,45)(H,38,43)(H,39,44)(H,41,46). The number of nitrogens with two attached hydrogens (primary N) is 1. The molecule has 0 saturated carbocycles. The normalized spacial score (nSPS) is 13.5. The number of hydroxylamine groups is 1. The zero-order valence-electron chi connectivity index (χ0n) is 26.4. The van der Waals surface area contributed by atoms with Crippen LogP contribution in [0.2, 0.25) is 0 Å². The molecule has 1 atom stereocenters. The van der Waals surface area contributed by atoms with E-state index in [9.17, 15) is 29.7 Å². The SMILES string of the molecule is CCc1c(C#N)c(SC(C(N)=O)c2ccccc2)nc(N2CCC(NC(=O)CCCC(=O)Nc3ccc(C(=O)NO)cc3)CC2)c1C#N. The molecule has 1 aromatic heterocycles. The predicted octanol–water partition coefficient (Wildman–Crippen LogP) is 3.72. The Morgan fingerprint density at radius 2 is 1.65 bits per heavy atom. The van der Waals surface area contributed by atoms with Crippen molar-refractivity contribution in [1.29, 1.82) is 10.5 Å². The Balaban J connectivity index is 1.35. The molecule has 0 radical (unpaired) electrons. The van der Waals surface area contributed by atoms with Crippen LogP contribution in [0.15, 0.2) is 59.6 Å². The Kier molecular flexibility index (Phi) is 12.5. The summed E-state index contributed by atoms with van der Waals surface area (Å²) in [5.41, 5.74) is 9.85. The molecular weight excluding hydrogens is 632 g/mol. The summed E-state index contributed by atoms with van der Waals surface area (Å²) in [4.78, 5) is 55.6. The van der Waals surface area contributed by atoms with Crippen LogP contribution in [0, 0.1) is 22.7 Å². The summed E-state index contributed by atoms with van der Waals surface area (Å²) in [5.74, 6) is -1.22. The van der Waals surface area contributed by atoms with Gasteiger partial charge in [0.25, 0.3) is 5.91 Å².